The molecule has 0 bridgehead atoms. The van der Waals surface area contributed by atoms with Gasteiger partial charge in [0.05, 0.1) is 11.9 Å². The maximum atomic E-state index is 12.3. The lowest BCUT2D eigenvalue weighted by Crippen LogP contribution is -2.31. The summed E-state index contributed by atoms with van der Waals surface area (Å²) in [6.45, 7) is 1.19. The Morgan fingerprint density at radius 3 is 2.43 bits per heavy atom. The van der Waals surface area contributed by atoms with Gasteiger partial charge in [0.1, 0.15) is 13.2 Å². The number of nitrogens with one attached hydrogen (secondary N) is 1. The second-order valence-electron chi connectivity index (χ2n) is 6.88. The van der Waals surface area contributed by atoms with Gasteiger partial charge in [-0.25, -0.2) is 8.42 Å². The highest BCUT2D eigenvalue weighted by Crippen LogP contribution is 2.35. The van der Waals surface area contributed by atoms with Crippen LogP contribution in [0.15, 0.2) is 36.4 Å². The molecule has 1 N–H and O–H groups in total. The molecule has 2 aliphatic rings. The second-order valence-corrected chi connectivity index (χ2v) is 8.79. The van der Waals surface area contributed by atoms with Crippen molar-refractivity contribution in [2.75, 3.05) is 42.4 Å². The van der Waals surface area contributed by atoms with Crippen molar-refractivity contribution in [3.8, 4) is 23.0 Å². The van der Waals surface area contributed by atoms with Crippen LogP contribution in [-0.4, -0.2) is 47.1 Å². The highest BCUT2D eigenvalue weighted by molar-refractivity contribution is 7.92. The zero-order chi connectivity index (χ0) is 21.1. The number of ether oxygens (including phenoxy) is 4. The fourth-order valence-corrected chi connectivity index (χ4v) is 4.21. The molecule has 0 fully saturated rings. The molecule has 2 aromatic carbocycles. The molecule has 0 spiro atoms. The Kier molecular flexibility index (Phi) is 5.58. The molecule has 0 aromatic heterocycles. The summed E-state index contributed by atoms with van der Waals surface area (Å²) in [6, 6.07) is 10.1. The Labute approximate surface area is 174 Å². The van der Waals surface area contributed by atoms with Gasteiger partial charge in [-0.3, -0.25) is 9.10 Å². The molecule has 0 atom stereocenters. The van der Waals surface area contributed by atoms with Crippen molar-refractivity contribution in [2.24, 2.45) is 0 Å². The van der Waals surface area contributed by atoms with Crippen LogP contribution in [0.3, 0.4) is 0 Å². The first-order valence-electron chi connectivity index (χ1n) is 9.47. The second kappa shape index (κ2) is 8.31. The number of benzene rings is 2. The Morgan fingerprint density at radius 2 is 1.63 bits per heavy atom. The van der Waals surface area contributed by atoms with Gasteiger partial charge in [-0.05, 0) is 30.7 Å². The van der Waals surface area contributed by atoms with Crippen LogP contribution < -0.4 is 28.6 Å². The van der Waals surface area contributed by atoms with E-state index in [1.807, 2.05) is 0 Å². The zero-order valence-corrected chi connectivity index (χ0v) is 17.2. The van der Waals surface area contributed by atoms with E-state index in [9.17, 15) is 13.2 Å². The normalized spacial score (nSPS) is 14.3. The van der Waals surface area contributed by atoms with Gasteiger partial charge in [-0.15, -0.1) is 0 Å². The van der Waals surface area contributed by atoms with Crippen molar-refractivity contribution in [2.45, 2.75) is 12.8 Å². The number of hydrogen-bond donors (Lipinski definition) is 1. The Balaban J connectivity index is 1.37. The minimum atomic E-state index is -3.53. The van der Waals surface area contributed by atoms with Crippen LogP contribution in [0.4, 0.5) is 11.4 Å². The first kappa shape index (κ1) is 20.1. The van der Waals surface area contributed by atoms with E-state index in [0.29, 0.717) is 54.0 Å². The van der Waals surface area contributed by atoms with E-state index < -0.39 is 10.0 Å². The number of amides is 1. The summed E-state index contributed by atoms with van der Waals surface area (Å²) >= 11 is 0. The van der Waals surface area contributed by atoms with E-state index in [-0.39, 0.29) is 25.7 Å². The molecule has 2 aliphatic heterocycles. The molecule has 0 radical (unpaired) electrons. The summed E-state index contributed by atoms with van der Waals surface area (Å²) in [6.07, 6.45) is 1.64. The highest BCUT2D eigenvalue weighted by Gasteiger charge is 2.21. The Hall–Kier alpha value is -3.14. The van der Waals surface area contributed by atoms with Crippen molar-refractivity contribution in [3.63, 3.8) is 0 Å². The third-order valence-corrected chi connectivity index (χ3v) is 5.83. The van der Waals surface area contributed by atoms with Crippen LogP contribution >= 0.6 is 0 Å². The van der Waals surface area contributed by atoms with Crippen LogP contribution in [0, 0.1) is 0 Å². The molecule has 2 heterocycles. The lowest BCUT2D eigenvalue weighted by molar-refractivity contribution is -0.116. The third-order valence-electron chi connectivity index (χ3n) is 4.64. The minimum Gasteiger partial charge on any atom is -0.486 e. The van der Waals surface area contributed by atoms with Crippen molar-refractivity contribution in [1.82, 2.24) is 0 Å². The number of carbonyl (C=O) groups is 1. The fraction of sp³-hybridized carbons (Fsp3) is 0.350. The molecule has 0 aliphatic carbocycles. The van der Waals surface area contributed by atoms with Crippen molar-refractivity contribution >= 4 is 27.3 Å². The van der Waals surface area contributed by atoms with Gasteiger partial charge in [-0.2, -0.15) is 0 Å². The largest absolute Gasteiger partial charge is 0.486 e. The molecule has 9 nitrogen and oxygen atoms in total. The third kappa shape index (κ3) is 4.54. The topological polar surface area (TPSA) is 103 Å². The summed E-state index contributed by atoms with van der Waals surface area (Å²) in [5.74, 6) is 2.09. The summed E-state index contributed by atoms with van der Waals surface area (Å²) < 4.78 is 47.4. The lowest BCUT2D eigenvalue weighted by atomic mass is 10.2. The standard InChI is InChI=1S/C20H22N2O7S/c1-30(24,25)22(15-5-7-16-19(12-15)27-10-9-26-16)8-2-3-20(23)21-14-4-6-17-18(11-14)29-13-28-17/h4-7,11-12H,2-3,8-10,13H2,1H3,(H,21,23). The van der Waals surface area contributed by atoms with Crippen LogP contribution in [0.5, 0.6) is 23.0 Å². The van der Waals surface area contributed by atoms with Gasteiger partial charge in [0, 0.05) is 30.8 Å². The molecule has 160 valence electrons. The number of rotatable bonds is 7. The number of anilines is 2. The average molecular weight is 434 g/mol. The zero-order valence-electron chi connectivity index (χ0n) is 16.4. The molecule has 0 unspecified atom stereocenters. The van der Waals surface area contributed by atoms with Crippen LogP contribution in [-0.2, 0) is 14.8 Å². The van der Waals surface area contributed by atoms with E-state index in [1.165, 1.54) is 4.31 Å². The SMILES string of the molecule is CS(=O)(=O)N(CCCC(=O)Nc1ccc2c(c1)OCO2)c1ccc2c(c1)OCCO2. The van der Waals surface area contributed by atoms with Gasteiger partial charge in [0.2, 0.25) is 22.7 Å². The molecule has 2 aromatic rings. The summed E-state index contributed by atoms with van der Waals surface area (Å²) in [5, 5.41) is 2.79. The van der Waals surface area contributed by atoms with Gasteiger partial charge in [-0.1, -0.05) is 0 Å². The first-order chi connectivity index (χ1) is 14.4. The molecule has 1 amide bonds. The molecular weight excluding hydrogens is 412 g/mol. The Bertz CT molecular complexity index is 1060. The molecule has 0 saturated carbocycles. The van der Waals surface area contributed by atoms with Gasteiger partial charge in [0.15, 0.2) is 23.0 Å². The molecule has 4 rings (SSSR count). The molecule has 10 heteroatoms. The van der Waals surface area contributed by atoms with Crippen LogP contribution in [0.2, 0.25) is 0 Å². The maximum Gasteiger partial charge on any atom is 0.232 e. The van der Waals surface area contributed by atoms with Gasteiger partial charge in [0.25, 0.3) is 0 Å². The van der Waals surface area contributed by atoms with E-state index >= 15 is 0 Å². The lowest BCUT2D eigenvalue weighted by Gasteiger charge is -2.25. The van der Waals surface area contributed by atoms with Crippen molar-refractivity contribution in [1.29, 1.82) is 0 Å². The minimum absolute atomic E-state index is 0.158. The molecule has 30 heavy (non-hydrogen) atoms. The predicted octanol–water partition coefficient (Wildman–Crippen LogP) is 2.37. The van der Waals surface area contributed by atoms with Crippen LogP contribution in [0.25, 0.3) is 0 Å². The number of fused-ring (bicyclic) bond motifs is 2. The van der Waals surface area contributed by atoms with Gasteiger partial charge < -0.3 is 24.3 Å². The van der Waals surface area contributed by atoms with Gasteiger partial charge >= 0.3 is 0 Å². The fourth-order valence-electron chi connectivity index (χ4n) is 3.25. The summed E-state index contributed by atoms with van der Waals surface area (Å²) in [7, 11) is -3.53. The van der Waals surface area contributed by atoms with Crippen LogP contribution in [0.1, 0.15) is 12.8 Å². The smallest absolute Gasteiger partial charge is 0.232 e. The summed E-state index contributed by atoms with van der Waals surface area (Å²) in [4.78, 5) is 12.3. The highest BCUT2D eigenvalue weighted by atomic mass is 32.2. The molecular formula is C20H22N2O7S. The first-order valence-corrected chi connectivity index (χ1v) is 11.3. The quantitative estimate of drug-likeness (QED) is 0.714. The number of hydrogen-bond acceptors (Lipinski definition) is 7. The monoisotopic (exact) mass is 434 g/mol. The number of nitrogens with zero attached hydrogens (tertiary/aromatic N) is 1. The van der Waals surface area contributed by atoms with E-state index in [2.05, 4.69) is 5.32 Å². The maximum absolute atomic E-state index is 12.3. The van der Waals surface area contributed by atoms with E-state index in [4.69, 9.17) is 18.9 Å². The average Bonchev–Trinajstić information content (AvgIpc) is 3.18. The van der Waals surface area contributed by atoms with E-state index in [1.54, 1.807) is 36.4 Å². The summed E-state index contributed by atoms with van der Waals surface area (Å²) in [5.41, 5.74) is 1.06. The van der Waals surface area contributed by atoms with Crippen molar-refractivity contribution in [3.05, 3.63) is 36.4 Å². The molecule has 0 saturated heterocycles. The predicted molar refractivity (Wildman–Crippen MR) is 110 cm³/mol. The number of carbonyl (C=O) groups excluding carboxylic acids is 1. The Morgan fingerprint density at radius 1 is 0.967 bits per heavy atom. The number of sulfonamides is 1. The van der Waals surface area contributed by atoms with Crippen molar-refractivity contribution < 1.29 is 32.2 Å². The van der Waals surface area contributed by atoms with E-state index in [0.717, 1.165) is 6.26 Å².